The number of nitrogens with one attached hydrogen (secondary N) is 2. The Balaban J connectivity index is 1.78. The highest BCUT2D eigenvalue weighted by Gasteiger charge is 2.05. The summed E-state index contributed by atoms with van der Waals surface area (Å²) >= 11 is 5.65. The summed E-state index contributed by atoms with van der Waals surface area (Å²) < 4.78 is 18.1. The molecule has 0 atom stereocenters. The first-order valence-electron chi connectivity index (χ1n) is 6.67. The minimum atomic E-state index is -0.516. The number of benzene rings is 2. The quantitative estimate of drug-likeness (QED) is 0.858. The fourth-order valence-corrected chi connectivity index (χ4v) is 2.02. The molecule has 0 heterocycles. The number of hydrogen-bond acceptors (Lipinski definition) is 3. The van der Waals surface area contributed by atoms with Gasteiger partial charge in [0, 0.05) is 12.2 Å². The average molecular weight is 323 g/mol. The Morgan fingerprint density at radius 2 is 1.95 bits per heavy atom. The molecule has 0 bridgehead atoms. The van der Waals surface area contributed by atoms with Crippen molar-refractivity contribution in [3.05, 3.63) is 58.9 Å². The molecule has 0 unspecified atom stereocenters. The second-order valence-electron chi connectivity index (χ2n) is 4.63. The lowest BCUT2D eigenvalue weighted by Gasteiger charge is -2.08. The second kappa shape index (κ2) is 7.77. The molecular formula is C16H16ClFN2O2. The molecule has 2 aromatic carbocycles. The van der Waals surface area contributed by atoms with Crippen LogP contribution in [0.3, 0.4) is 0 Å². The van der Waals surface area contributed by atoms with Crippen LogP contribution in [-0.2, 0) is 11.3 Å². The molecule has 1 amide bonds. The van der Waals surface area contributed by atoms with Gasteiger partial charge >= 0.3 is 0 Å². The minimum absolute atomic E-state index is 0.0241. The van der Waals surface area contributed by atoms with E-state index < -0.39 is 5.82 Å². The van der Waals surface area contributed by atoms with E-state index in [1.807, 2.05) is 24.3 Å². The zero-order valence-corrected chi connectivity index (χ0v) is 12.8. The SMILES string of the molecule is COc1ccc(CNCC(=O)Nc2ccc(F)c(Cl)c2)cc1. The van der Waals surface area contributed by atoms with Crippen LogP contribution >= 0.6 is 11.6 Å². The van der Waals surface area contributed by atoms with Gasteiger partial charge in [-0.3, -0.25) is 4.79 Å². The Bertz CT molecular complexity index is 647. The standard InChI is InChI=1S/C16H16ClFN2O2/c1-22-13-5-2-11(3-6-13)9-19-10-16(21)20-12-4-7-15(18)14(17)8-12/h2-8,19H,9-10H2,1H3,(H,20,21). The molecule has 0 radical (unpaired) electrons. The summed E-state index contributed by atoms with van der Waals surface area (Å²) in [5.74, 6) is 0.0446. The maximum Gasteiger partial charge on any atom is 0.238 e. The molecule has 4 nitrogen and oxygen atoms in total. The van der Waals surface area contributed by atoms with E-state index in [0.29, 0.717) is 12.2 Å². The predicted octanol–water partition coefficient (Wildman–Crippen LogP) is 3.22. The highest BCUT2D eigenvalue weighted by atomic mass is 35.5. The third-order valence-electron chi connectivity index (χ3n) is 2.98. The van der Waals surface area contributed by atoms with Crippen LogP contribution in [0.25, 0.3) is 0 Å². The molecule has 2 rings (SSSR count). The van der Waals surface area contributed by atoms with E-state index in [4.69, 9.17) is 16.3 Å². The lowest BCUT2D eigenvalue weighted by molar-refractivity contribution is -0.115. The molecule has 0 aliphatic heterocycles. The van der Waals surface area contributed by atoms with Crippen molar-refractivity contribution in [1.29, 1.82) is 0 Å². The molecule has 2 N–H and O–H groups in total. The van der Waals surface area contributed by atoms with Gasteiger partial charge in [-0.2, -0.15) is 0 Å². The first kappa shape index (κ1) is 16.3. The zero-order chi connectivity index (χ0) is 15.9. The van der Waals surface area contributed by atoms with Crippen molar-refractivity contribution in [3.8, 4) is 5.75 Å². The van der Waals surface area contributed by atoms with Gasteiger partial charge in [-0.1, -0.05) is 23.7 Å². The highest BCUT2D eigenvalue weighted by Crippen LogP contribution is 2.19. The topological polar surface area (TPSA) is 50.4 Å². The summed E-state index contributed by atoms with van der Waals surface area (Å²) in [7, 11) is 1.61. The van der Waals surface area contributed by atoms with Crippen molar-refractivity contribution in [2.24, 2.45) is 0 Å². The molecule has 0 saturated heterocycles. The molecule has 22 heavy (non-hydrogen) atoms. The van der Waals surface area contributed by atoms with Gasteiger partial charge in [0.15, 0.2) is 0 Å². The lowest BCUT2D eigenvalue weighted by atomic mass is 10.2. The van der Waals surface area contributed by atoms with Crippen LogP contribution in [0.2, 0.25) is 5.02 Å². The summed E-state index contributed by atoms with van der Waals surface area (Å²) in [5.41, 5.74) is 1.50. The molecule has 116 valence electrons. The Kier molecular flexibility index (Phi) is 5.75. The number of ether oxygens (including phenoxy) is 1. The summed E-state index contributed by atoms with van der Waals surface area (Å²) in [5, 5.41) is 5.64. The summed E-state index contributed by atoms with van der Waals surface area (Å²) in [6.45, 7) is 0.697. The molecule has 0 aliphatic carbocycles. The van der Waals surface area contributed by atoms with Gasteiger partial charge in [0.2, 0.25) is 5.91 Å². The van der Waals surface area contributed by atoms with Crippen LogP contribution in [0.5, 0.6) is 5.75 Å². The summed E-state index contributed by atoms with van der Waals surface area (Å²) in [6.07, 6.45) is 0. The number of anilines is 1. The molecule has 2 aromatic rings. The van der Waals surface area contributed by atoms with E-state index in [-0.39, 0.29) is 17.5 Å². The zero-order valence-electron chi connectivity index (χ0n) is 12.0. The normalized spacial score (nSPS) is 10.3. The highest BCUT2D eigenvalue weighted by molar-refractivity contribution is 6.31. The van der Waals surface area contributed by atoms with Crippen LogP contribution in [0.4, 0.5) is 10.1 Å². The maximum atomic E-state index is 13.0. The fraction of sp³-hybridized carbons (Fsp3) is 0.188. The number of amides is 1. The smallest absolute Gasteiger partial charge is 0.238 e. The molecule has 6 heteroatoms. The van der Waals surface area contributed by atoms with Crippen LogP contribution < -0.4 is 15.4 Å². The second-order valence-corrected chi connectivity index (χ2v) is 5.04. The van der Waals surface area contributed by atoms with Gasteiger partial charge in [-0.25, -0.2) is 4.39 Å². The number of methoxy groups -OCH3 is 1. The van der Waals surface area contributed by atoms with E-state index in [2.05, 4.69) is 10.6 Å². The minimum Gasteiger partial charge on any atom is -0.497 e. The van der Waals surface area contributed by atoms with E-state index in [1.165, 1.54) is 18.2 Å². The molecule has 0 aliphatic rings. The summed E-state index contributed by atoms with van der Waals surface area (Å²) in [6, 6.07) is 11.6. The van der Waals surface area contributed by atoms with Crippen LogP contribution in [0, 0.1) is 5.82 Å². The van der Waals surface area contributed by atoms with E-state index in [9.17, 15) is 9.18 Å². The van der Waals surface area contributed by atoms with Crippen molar-refractivity contribution < 1.29 is 13.9 Å². The van der Waals surface area contributed by atoms with Gasteiger partial charge in [0.1, 0.15) is 11.6 Å². The van der Waals surface area contributed by atoms with Crippen LogP contribution in [0.15, 0.2) is 42.5 Å². The molecule has 0 saturated carbocycles. The third kappa shape index (κ3) is 4.72. The molecular weight excluding hydrogens is 307 g/mol. The molecule has 0 spiro atoms. The van der Waals surface area contributed by atoms with Crippen molar-refractivity contribution in [3.63, 3.8) is 0 Å². The van der Waals surface area contributed by atoms with Crippen molar-refractivity contribution in [2.75, 3.05) is 19.0 Å². The Hall–Kier alpha value is -2.11. The van der Waals surface area contributed by atoms with Crippen LogP contribution in [-0.4, -0.2) is 19.6 Å². The Morgan fingerprint density at radius 1 is 1.23 bits per heavy atom. The first-order chi connectivity index (χ1) is 10.6. The average Bonchev–Trinajstić information content (AvgIpc) is 2.51. The van der Waals surface area contributed by atoms with Gasteiger partial charge in [0.25, 0.3) is 0 Å². The van der Waals surface area contributed by atoms with Crippen LogP contribution in [0.1, 0.15) is 5.56 Å². The molecule has 0 fully saturated rings. The number of rotatable bonds is 6. The Morgan fingerprint density at radius 3 is 2.59 bits per heavy atom. The third-order valence-corrected chi connectivity index (χ3v) is 3.27. The van der Waals surface area contributed by atoms with Gasteiger partial charge in [-0.15, -0.1) is 0 Å². The van der Waals surface area contributed by atoms with E-state index >= 15 is 0 Å². The predicted molar refractivity (Wildman–Crippen MR) is 84.7 cm³/mol. The van der Waals surface area contributed by atoms with Crippen molar-refractivity contribution >= 4 is 23.2 Å². The van der Waals surface area contributed by atoms with Crippen molar-refractivity contribution in [2.45, 2.75) is 6.54 Å². The number of carbonyl (C=O) groups is 1. The number of carbonyl (C=O) groups excluding carboxylic acids is 1. The number of hydrogen-bond donors (Lipinski definition) is 2. The maximum absolute atomic E-state index is 13.0. The van der Waals surface area contributed by atoms with E-state index in [0.717, 1.165) is 11.3 Å². The first-order valence-corrected chi connectivity index (χ1v) is 7.05. The monoisotopic (exact) mass is 322 g/mol. The Labute approximate surface area is 133 Å². The lowest BCUT2D eigenvalue weighted by Crippen LogP contribution is -2.27. The molecule has 0 aromatic heterocycles. The van der Waals surface area contributed by atoms with Gasteiger partial charge < -0.3 is 15.4 Å². The van der Waals surface area contributed by atoms with Gasteiger partial charge in [0.05, 0.1) is 18.7 Å². The fourth-order valence-electron chi connectivity index (χ4n) is 1.84. The summed E-state index contributed by atoms with van der Waals surface area (Å²) in [4.78, 5) is 11.8. The van der Waals surface area contributed by atoms with E-state index in [1.54, 1.807) is 7.11 Å². The van der Waals surface area contributed by atoms with Crippen molar-refractivity contribution in [1.82, 2.24) is 5.32 Å². The largest absolute Gasteiger partial charge is 0.497 e. The number of halogens is 2. The van der Waals surface area contributed by atoms with Gasteiger partial charge in [-0.05, 0) is 35.9 Å².